The van der Waals surface area contributed by atoms with Crippen LogP contribution in [0.4, 0.5) is 13.2 Å². The average Bonchev–Trinajstić information content (AvgIpc) is 2.06. The van der Waals surface area contributed by atoms with Crippen LogP contribution in [-0.2, 0) is 9.05 Å². The number of rotatable bonds is 2. The van der Waals surface area contributed by atoms with Crippen molar-refractivity contribution in [2.24, 2.45) is 0 Å². The highest BCUT2D eigenvalue weighted by atomic mass is 35.7. The van der Waals surface area contributed by atoms with Gasteiger partial charge in [0.15, 0.2) is 0 Å². The maximum absolute atomic E-state index is 12.7. The molecule has 0 saturated heterocycles. The molecule has 0 aliphatic carbocycles. The summed E-state index contributed by atoms with van der Waals surface area (Å²) in [4.78, 5) is 1.90. The minimum Gasteiger partial charge on any atom is -0.226 e. The summed E-state index contributed by atoms with van der Waals surface area (Å²) in [6.07, 6.45) is -2.87. The molecule has 0 spiro atoms. The number of alkyl halides is 2. The molecule has 9 heteroatoms. The van der Waals surface area contributed by atoms with E-state index in [0.717, 1.165) is 0 Å². The van der Waals surface area contributed by atoms with Crippen LogP contribution in [0.2, 0.25) is 5.02 Å². The Kier molecular flexibility index (Phi) is 3.47. The smallest absolute Gasteiger partial charge is 0.226 e. The van der Waals surface area contributed by atoms with Crippen LogP contribution in [0.3, 0.4) is 0 Å². The topological polar surface area (TPSA) is 47.0 Å². The van der Waals surface area contributed by atoms with Crippen molar-refractivity contribution in [3.05, 3.63) is 22.7 Å². The fraction of sp³-hybridized carbons (Fsp3) is 0.167. The molecule has 0 aliphatic heterocycles. The van der Waals surface area contributed by atoms with Crippen molar-refractivity contribution in [2.75, 3.05) is 0 Å². The predicted molar refractivity (Wildman–Crippen MR) is 47.2 cm³/mol. The van der Waals surface area contributed by atoms with Crippen molar-refractivity contribution < 1.29 is 21.6 Å². The summed E-state index contributed by atoms with van der Waals surface area (Å²) in [6.45, 7) is 0. The summed E-state index contributed by atoms with van der Waals surface area (Å²) in [5.74, 6) is -1.38. The van der Waals surface area contributed by atoms with Crippen LogP contribution in [0.15, 0.2) is 11.1 Å². The van der Waals surface area contributed by atoms with Crippen LogP contribution in [0, 0.1) is 5.95 Å². The zero-order chi connectivity index (χ0) is 11.8. The van der Waals surface area contributed by atoms with Gasteiger partial charge in [-0.25, -0.2) is 22.2 Å². The summed E-state index contributed by atoms with van der Waals surface area (Å²) < 4.78 is 59.2. The van der Waals surface area contributed by atoms with Crippen LogP contribution in [0.25, 0.3) is 0 Å². The van der Waals surface area contributed by atoms with Gasteiger partial charge in [-0.3, -0.25) is 0 Å². The number of halogens is 5. The summed E-state index contributed by atoms with van der Waals surface area (Å²) >= 11 is 5.16. The van der Waals surface area contributed by atoms with E-state index in [1.807, 2.05) is 0 Å². The highest BCUT2D eigenvalue weighted by Gasteiger charge is 2.27. The second kappa shape index (κ2) is 4.15. The lowest BCUT2D eigenvalue weighted by molar-refractivity contribution is 0.147. The lowest BCUT2D eigenvalue weighted by Gasteiger charge is -2.07. The summed E-state index contributed by atoms with van der Waals surface area (Å²) in [5, 5.41) is -1.05. The maximum atomic E-state index is 12.7. The van der Waals surface area contributed by atoms with E-state index in [-0.39, 0.29) is 0 Å². The van der Waals surface area contributed by atoms with Gasteiger partial charge in [0.25, 0.3) is 15.5 Å². The molecule has 0 N–H and O–H groups in total. The normalized spacial score (nSPS) is 12.1. The molecule has 0 unspecified atom stereocenters. The summed E-state index contributed by atoms with van der Waals surface area (Å²) in [5.41, 5.74) is -1.18. The SMILES string of the molecule is O=S(=O)(Cl)c1cnc(F)c(Cl)c1C(F)F. The fourth-order valence-electron chi connectivity index (χ4n) is 0.858. The molecular formula is C6H2Cl2F3NO2S. The Morgan fingerprint density at radius 1 is 1.40 bits per heavy atom. The maximum Gasteiger partial charge on any atom is 0.266 e. The van der Waals surface area contributed by atoms with Crippen molar-refractivity contribution >= 4 is 31.3 Å². The lowest BCUT2D eigenvalue weighted by Crippen LogP contribution is -2.03. The number of aromatic nitrogens is 1. The zero-order valence-corrected chi connectivity index (χ0v) is 9.04. The van der Waals surface area contributed by atoms with E-state index in [4.69, 9.17) is 22.3 Å². The molecular weight excluding hydrogens is 278 g/mol. The second-order valence-corrected chi connectivity index (χ2v) is 5.29. The molecule has 0 fully saturated rings. The average molecular weight is 280 g/mol. The molecule has 0 amide bonds. The van der Waals surface area contributed by atoms with Gasteiger partial charge in [-0.15, -0.1) is 0 Å². The Morgan fingerprint density at radius 3 is 2.33 bits per heavy atom. The van der Waals surface area contributed by atoms with Crippen LogP contribution >= 0.6 is 22.3 Å². The third-order valence-corrected chi connectivity index (χ3v) is 3.17. The summed E-state index contributed by atoms with van der Waals surface area (Å²) in [6, 6.07) is 0. The minimum atomic E-state index is -4.44. The molecule has 0 aromatic carbocycles. The predicted octanol–water partition coefficient (Wildman–Crippen LogP) is 2.74. The molecule has 0 aliphatic rings. The highest BCUT2D eigenvalue weighted by Crippen LogP contribution is 2.34. The largest absolute Gasteiger partial charge is 0.266 e. The van der Waals surface area contributed by atoms with Gasteiger partial charge in [0.05, 0.1) is 11.8 Å². The van der Waals surface area contributed by atoms with E-state index in [9.17, 15) is 21.6 Å². The molecule has 1 rings (SSSR count). The Balaban J connectivity index is 3.62. The van der Waals surface area contributed by atoms with E-state index in [1.165, 1.54) is 0 Å². The van der Waals surface area contributed by atoms with Crippen LogP contribution < -0.4 is 0 Å². The van der Waals surface area contributed by atoms with E-state index in [0.29, 0.717) is 6.20 Å². The van der Waals surface area contributed by atoms with Gasteiger partial charge in [-0.1, -0.05) is 11.6 Å². The molecule has 0 saturated carbocycles. The van der Waals surface area contributed by atoms with Gasteiger partial charge in [0.2, 0.25) is 5.95 Å². The van der Waals surface area contributed by atoms with Crippen molar-refractivity contribution in [1.29, 1.82) is 0 Å². The monoisotopic (exact) mass is 279 g/mol. The number of nitrogens with zero attached hydrogens (tertiary/aromatic N) is 1. The molecule has 0 radical (unpaired) electrons. The standard InChI is InChI=1S/C6H2Cl2F3NO2S/c7-4-3(5(9)10)2(15(8,13)14)1-12-6(4)11/h1,5H. The van der Waals surface area contributed by atoms with Gasteiger partial charge in [0, 0.05) is 10.7 Å². The van der Waals surface area contributed by atoms with E-state index in [2.05, 4.69) is 4.98 Å². The van der Waals surface area contributed by atoms with Gasteiger partial charge < -0.3 is 0 Å². The first-order valence-electron chi connectivity index (χ1n) is 3.32. The highest BCUT2D eigenvalue weighted by molar-refractivity contribution is 8.13. The van der Waals surface area contributed by atoms with Crippen LogP contribution in [0.1, 0.15) is 12.0 Å². The molecule has 1 aromatic rings. The summed E-state index contributed by atoms with van der Waals surface area (Å²) in [7, 11) is 0.411. The number of hydrogen-bond acceptors (Lipinski definition) is 3. The van der Waals surface area contributed by atoms with Gasteiger partial charge in [-0.2, -0.15) is 4.39 Å². The van der Waals surface area contributed by atoms with E-state index >= 15 is 0 Å². The number of pyridine rings is 1. The molecule has 1 aromatic heterocycles. The van der Waals surface area contributed by atoms with Crippen LogP contribution in [-0.4, -0.2) is 13.4 Å². The van der Waals surface area contributed by atoms with Crippen molar-refractivity contribution in [1.82, 2.24) is 4.98 Å². The first-order chi connectivity index (χ1) is 6.75. The van der Waals surface area contributed by atoms with Crippen LogP contribution in [0.5, 0.6) is 0 Å². The zero-order valence-electron chi connectivity index (χ0n) is 6.72. The third-order valence-electron chi connectivity index (χ3n) is 1.46. The Morgan fingerprint density at radius 2 is 1.93 bits per heavy atom. The van der Waals surface area contributed by atoms with E-state index < -0.39 is 36.9 Å². The Bertz CT molecular complexity index is 491. The molecule has 0 atom stereocenters. The molecule has 0 bridgehead atoms. The molecule has 84 valence electrons. The Labute approximate surface area is 92.2 Å². The third kappa shape index (κ3) is 2.53. The second-order valence-electron chi connectivity index (χ2n) is 2.38. The van der Waals surface area contributed by atoms with Gasteiger partial charge in [-0.05, 0) is 0 Å². The first kappa shape index (κ1) is 12.5. The quantitative estimate of drug-likeness (QED) is 0.618. The van der Waals surface area contributed by atoms with Gasteiger partial charge in [0.1, 0.15) is 9.92 Å². The number of hydrogen-bond donors (Lipinski definition) is 0. The van der Waals surface area contributed by atoms with E-state index in [1.54, 1.807) is 0 Å². The molecule has 3 nitrogen and oxygen atoms in total. The van der Waals surface area contributed by atoms with Crippen molar-refractivity contribution in [2.45, 2.75) is 11.3 Å². The minimum absolute atomic E-state index is 0.394. The molecule has 1 heterocycles. The first-order valence-corrected chi connectivity index (χ1v) is 6.00. The Hall–Kier alpha value is -0.530. The molecule has 15 heavy (non-hydrogen) atoms. The lowest BCUT2D eigenvalue weighted by atomic mass is 10.3. The van der Waals surface area contributed by atoms with Crippen molar-refractivity contribution in [3.8, 4) is 0 Å². The van der Waals surface area contributed by atoms with Crippen molar-refractivity contribution in [3.63, 3.8) is 0 Å². The van der Waals surface area contributed by atoms with Gasteiger partial charge >= 0.3 is 0 Å². The fourth-order valence-corrected chi connectivity index (χ4v) is 2.15.